The number of benzene rings is 1. The van der Waals surface area contributed by atoms with Crippen LogP contribution in [0.4, 0.5) is 0 Å². The summed E-state index contributed by atoms with van der Waals surface area (Å²) >= 11 is 2.00. The Bertz CT molecular complexity index is 782. The number of hydrogen-bond acceptors (Lipinski definition) is 4. The molecule has 1 amide bonds. The zero-order valence-electron chi connectivity index (χ0n) is 16.1. The van der Waals surface area contributed by atoms with Crippen LogP contribution in [0.5, 0.6) is 0 Å². The Morgan fingerprint density at radius 2 is 2.04 bits per heavy atom. The van der Waals surface area contributed by atoms with Gasteiger partial charge in [-0.15, -0.1) is 0 Å². The van der Waals surface area contributed by atoms with E-state index in [0.29, 0.717) is 17.1 Å². The van der Waals surface area contributed by atoms with Crippen molar-refractivity contribution in [3.8, 4) is 0 Å². The molecule has 2 aliphatic rings. The highest BCUT2D eigenvalue weighted by atomic mass is 32.2. The highest BCUT2D eigenvalue weighted by Crippen LogP contribution is 2.35. The number of piperidine rings is 1. The van der Waals surface area contributed by atoms with Crippen molar-refractivity contribution >= 4 is 28.6 Å². The van der Waals surface area contributed by atoms with Gasteiger partial charge in [0.25, 0.3) is 5.91 Å². The number of furan rings is 1. The van der Waals surface area contributed by atoms with E-state index in [4.69, 9.17) is 4.42 Å². The summed E-state index contributed by atoms with van der Waals surface area (Å²) in [6.07, 6.45) is 8.59. The molecule has 2 N–H and O–H groups in total. The molecule has 0 bridgehead atoms. The van der Waals surface area contributed by atoms with Crippen LogP contribution in [0, 0.1) is 0 Å². The van der Waals surface area contributed by atoms with Crippen LogP contribution < -0.4 is 10.6 Å². The van der Waals surface area contributed by atoms with E-state index in [1.54, 1.807) is 0 Å². The van der Waals surface area contributed by atoms with Gasteiger partial charge >= 0.3 is 0 Å². The first-order chi connectivity index (χ1) is 13.2. The van der Waals surface area contributed by atoms with Crippen LogP contribution in [0.15, 0.2) is 28.7 Å². The molecule has 5 heteroatoms. The molecule has 146 valence electrons. The average molecular weight is 387 g/mol. The average Bonchev–Trinajstić information content (AvgIpc) is 3.06. The monoisotopic (exact) mass is 386 g/mol. The molecule has 1 saturated heterocycles. The lowest BCUT2D eigenvalue weighted by Crippen LogP contribution is -2.46. The minimum Gasteiger partial charge on any atom is -0.451 e. The Kier molecular flexibility index (Phi) is 6.08. The minimum atomic E-state index is -0.0513. The summed E-state index contributed by atoms with van der Waals surface area (Å²) in [4.78, 5) is 13.0. The number of hydrogen-bond donors (Lipinski definition) is 2. The van der Waals surface area contributed by atoms with Crippen LogP contribution >= 0.6 is 11.8 Å². The van der Waals surface area contributed by atoms with Crippen molar-refractivity contribution in [2.24, 2.45) is 0 Å². The van der Waals surface area contributed by atoms with Gasteiger partial charge in [-0.3, -0.25) is 4.79 Å². The van der Waals surface area contributed by atoms with E-state index in [1.807, 2.05) is 30.0 Å². The van der Waals surface area contributed by atoms with Crippen molar-refractivity contribution in [1.29, 1.82) is 0 Å². The van der Waals surface area contributed by atoms with Gasteiger partial charge < -0.3 is 15.1 Å². The number of nitrogens with one attached hydrogen (secondary N) is 2. The lowest BCUT2D eigenvalue weighted by Gasteiger charge is -2.28. The third-order valence-electron chi connectivity index (χ3n) is 5.88. The van der Waals surface area contributed by atoms with Crippen molar-refractivity contribution in [3.63, 3.8) is 0 Å². The highest BCUT2D eigenvalue weighted by Gasteiger charge is 2.26. The predicted molar refractivity (Wildman–Crippen MR) is 112 cm³/mol. The number of amides is 1. The Balaban J connectivity index is 1.52. The van der Waals surface area contributed by atoms with Crippen molar-refractivity contribution in [2.45, 2.75) is 75.0 Å². The van der Waals surface area contributed by atoms with Crippen molar-refractivity contribution < 1.29 is 9.21 Å². The maximum atomic E-state index is 13.0. The Morgan fingerprint density at radius 1 is 1.22 bits per heavy atom. The second-order valence-electron chi connectivity index (χ2n) is 8.03. The number of carbonyl (C=O) groups excluding carboxylic acids is 1. The number of para-hydroxylation sites is 1. The van der Waals surface area contributed by atoms with E-state index in [-0.39, 0.29) is 11.9 Å². The molecular formula is C22H30N2O2S. The lowest BCUT2D eigenvalue weighted by molar-refractivity contribution is 0.0898. The fourth-order valence-corrected chi connectivity index (χ4v) is 5.73. The Hall–Kier alpha value is -1.46. The van der Waals surface area contributed by atoms with Gasteiger partial charge in [0.2, 0.25) is 0 Å². The van der Waals surface area contributed by atoms with Crippen molar-refractivity contribution in [3.05, 3.63) is 35.6 Å². The van der Waals surface area contributed by atoms with E-state index in [0.717, 1.165) is 41.7 Å². The number of rotatable bonds is 5. The quantitative estimate of drug-likeness (QED) is 0.770. The van der Waals surface area contributed by atoms with Gasteiger partial charge in [0.05, 0.1) is 0 Å². The normalized spacial score (nSPS) is 24.2. The summed E-state index contributed by atoms with van der Waals surface area (Å²) in [5.74, 6) is 1.32. The summed E-state index contributed by atoms with van der Waals surface area (Å²) in [7, 11) is 0. The molecule has 1 saturated carbocycles. The van der Waals surface area contributed by atoms with Crippen molar-refractivity contribution in [2.75, 3.05) is 6.54 Å². The molecule has 2 fully saturated rings. The van der Waals surface area contributed by atoms with Crippen LogP contribution in [0.3, 0.4) is 0 Å². The maximum absolute atomic E-state index is 13.0. The lowest BCUT2D eigenvalue weighted by atomic mass is 10.0. The Morgan fingerprint density at radius 3 is 2.85 bits per heavy atom. The molecule has 1 aliphatic carbocycles. The second kappa shape index (κ2) is 8.70. The van der Waals surface area contributed by atoms with Gasteiger partial charge in [0, 0.05) is 34.0 Å². The van der Waals surface area contributed by atoms with Gasteiger partial charge in [0.15, 0.2) is 5.76 Å². The van der Waals surface area contributed by atoms with Crippen LogP contribution in [-0.4, -0.2) is 29.8 Å². The molecule has 0 radical (unpaired) electrons. The molecule has 2 unspecified atom stereocenters. The summed E-state index contributed by atoms with van der Waals surface area (Å²) in [5, 5.41) is 8.46. The van der Waals surface area contributed by atoms with Crippen LogP contribution in [-0.2, 0) is 5.75 Å². The molecule has 2 aromatic rings. The predicted octanol–water partition coefficient (Wildman–Crippen LogP) is 4.87. The third-order valence-corrected chi connectivity index (χ3v) is 7.28. The topological polar surface area (TPSA) is 54.3 Å². The van der Waals surface area contributed by atoms with E-state index in [1.165, 1.54) is 32.1 Å². The minimum absolute atomic E-state index is 0.0513. The fourth-order valence-electron chi connectivity index (χ4n) is 4.37. The van der Waals surface area contributed by atoms with Crippen molar-refractivity contribution in [1.82, 2.24) is 10.6 Å². The van der Waals surface area contributed by atoms with Gasteiger partial charge in [0.1, 0.15) is 5.58 Å². The smallest absolute Gasteiger partial charge is 0.287 e. The molecule has 1 aromatic carbocycles. The fraction of sp³-hybridized carbons (Fsp3) is 0.591. The number of thioether (sulfide) groups is 1. The van der Waals surface area contributed by atoms with E-state index in [9.17, 15) is 4.79 Å². The Labute approximate surface area is 165 Å². The standard InChI is InChI=1S/C22H30N2O2S/c1-15-13-16(11-12-23-15)24-22(25)21-19(14-27-17-7-3-2-4-8-17)18-9-5-6-10-20(18)26-21/h5-6,9-10,15-17,23H,2-4,7-8,11-14H2,1H3,(H,24,25). The maximum Gasteiger partial charge on any atom is 0.287 e. The molecule has 1 aromatic heterocycles. The molecule has 4 rings (SSSR count). The zero-order valence-corrected chi connectivity index (χ0v) is 16.9. The van der Waals surface area contributed by atoms with Gasteiger partial charge in [-0.05, 0) is 45.2 Å². The number of carbonyl (C=O) groups is 1. The number of fused-ring (bicyclic) bond motifs is 1. The summed E-state index contributed by atoms with van der Waals surface area (Å²) in [6.45, 7) is 3.13. The first-order valence-electron chi connectivity index (χ1n) is 10.4. The molecule has 2 heterocycles. The molecule has 0 spiro atoms. The van der Waals surface area contributed by atoms with Gasteiger partial charge in [-0.25, -0.2) is 0 Å². The molecule has 2 atom stereocenters. The molecule has 27 heavy (non-hydrogen) atoms. The molecular weight excluding hydrogens is 356 g/mol. The van der Waals surface area contributed by atoms with Crippen LogP contribution in [0.25, 0.3) is 11.0 Å². The van der Waals surface area contributed by atoms with Gasteiger partial charge in [-0.2, -0.15) is 11.8 Å². The second-order valence-corrected chi connectivity index (χ2v) is 9.32. The third kappa shape index (κ3) is 4.52. The van der Waals surface area contributed by atoms with E-state index < -0.39 is 0 Å². The van der Waals surface area contributed by atoms with E-state index in [2.05, 4.69) is 23.6 Å². The SMILES string of the molecule is CC1CC(NC(=O)c2oc3ccccc3c2CSC2CCCCC2)CCN1. The summed E-state index contributed by atoms with van der Waals surface area (Å²) in [6, 6.07) is 8.72. The van der Waals surface area contributed by atoms with Gasteiger partial charge in [-0.1, -0.05) is 37.5 Å². The van der Waals surface area contributed by atoms with Crippen LogP contribution in [0.2, 0.25) is 0 Å². The first-order valence-corrected chi connectivity index (χ1v) is 11.4. The largest absolute Gasteiger partial charge is 0.451 e. The van der Waals surface area contributed by atoms with E-state index >= 15 is 0 Å². The zero-order chi connectivity index (χ0) is 18.6. The first kappa shape index (κ1) is 18.9. The highest BCUT2D eigenvalue weighted by molar-refractivity contribution is 7.99. The van der Waals surface area contributed by atoms with Crippen LogP contribution in [0.1, 0.15) is 68.0 Å². The molecule has 1 aliphatic heterocycles. The summed E-state index contributed by atoms with van der Waals surface area (Å²) in [5.41, 5.74) is 1.89. The molecule has 4 nitrogen and oxygen atoms in total. The summed E-state index contributed by atoms with van der Waals surface area (Å²) < 4.78 is 6.03.